The molecule has 2 N–H and O–H groups in total. The third kappa shape index (κ3) is 3.23. The van der Waals surface area contributed by atoms with E-state index in [0.717, 1.165) is 38.5 Å². The predicted octanol–water partition coefficient (Wildman–Crippen LogP) is 4.04. The van der Waals surface area contributed by atoms with Crippen LogP contribution in [0.25, 0.3) is 0 Å². The summed E-state index contributed by atoms with van der Waals surface area (Å²) in [5, 5.41) is 20.6. The number of Topliss-reactive ketones (excluding diaryl/α,β-unsaturated/α-hetero) is 1. The number of ketones is 1. The molecule has 6 nitrogen and oxygen atoms in total. The van der Waals surface area contributed by atoms with Crippen molar-refractivity contribution in [3.05, 3.63) is 0 Å². The Kier molecular flexibility index (Phi) is 5.54. The number of rotatable bonds is 4. The summed E-state index contributed by atoms with van der Waals surface area (Å²) in [6.07, 6.45) is 6.35. The molecular formula is C26H40O6. The summed E-state index contributed by atoms with van der Waals surface area (Å²) in [5.41, 5.74) is -0.398. The molecule has 0 aromatic heterocycles. The molecule has 1 aliphatic heterocycles. The molecule has 180 valence electrons. The highest BCUT2D eigenvalue weighted by atomic mass is 16.7. The fourth-order valence-electron chi connectivity index (χ4n) is 9.14. The summed E-state index contributed by atoms with van der Waals surface area (Å²) in [6.45, 7) is 7.93. The lowest BCUT2D eigenvalue weighted by molar-refractivity contribution is -0.240. The van der Waals surface area contributed by atoms with Gasteiger partial charge in [0.25, 0.3) is 0 Å². The maximum atomic E-state index is 13.8. The van der Waals surface area contributed by atoms with Gasteiger partial charge in [-0.3, -0.25) is 9.59 Å². The van der Waals surface area contributed by atoms with E-state index in [9.17, 15) is 14.7 Å². The lowest BCUT2D eigenvalue weighted by Gasteiger charge is -2.62. The van der Waals surface area contributed by atoms with Crippen LogP contribution in [0.5, 0.6) is 0 Å². The number of aliphatic carboxylic acids is 1. The Morgan fingerprint density at radius 2 is 1.88 bits per heavy atom. The molecule has 32 heavy (non-hydrogen) atoms. The Morgan fingerprint density at radius 3 is 2.56 bits per heavy atom. The molecule has 0 aromatic carbocycles. The number of hydrogen-bond donors (Lipinski definition) is 2. The average molecular weight is 449 g/mol. The number of carbonyl (C=O) groups excluding carboxylic acids is 1. The van der Waals surface area contributed by atoms with Gasteiger partial charge < -0.3 is 19.7 Å². The van der Waals surface area contributed by atoms with Gasteiger partial charge in [0.05, 0.1) is 19.3 Å². The number of carboxylic acid groups (broad SMARTS) is 1. The minimum atomic E-state index is -0.765. The summed E-state index contributed by atoms with van der Waals surface area (Å²) < 4.78 is 12.0. The van der Waals surface area contributed by atoms with Gasteiger partial charge in [-0.05, 0) is 73.0 Å². The van der Waals surface area contributed by atoms with Gasteiger partial charge in [-0.15, -0.1) is 0 Å². The van der Waals surface area contributed by atoms with Gasteiger partial charge in [-0.1, -0.05) is 20.8 Å². The first kappa shape index (κ1) is 22.8. The van der Waals surface area contributed by atoms with Crippen molar-refractivity contribution >= 4 is 11.8 Å². The van der Waals surface area contributed by atoms with Crippen LogP contribution in [-0.4, -0.2) is 47.1 Å². The van der Waals surface area contributed by atoms with E-state index in [1.807, 2.05) is 0 Å². The number of aliphatic hydroxyl groups excluding tert-OH is 1. The summed E-state index contributed by atoms with van der Waals surface area (Å²) in [6, 6.07) is 0. The molecule has 0 bridgehead atoms. The molecule has 9 atom stereocenters. The van der Waals surface area contributed by atoms with Crippen LogP contribution in [0.2, 0.25) is 0 Å². The monoisotopic (exact) mass is 448 g/mol. The van der Waals surface area contributed by atoms with Crippen molar-refractivity contribution < 1.29 is 29.3 Å². The van der Waals surface area contributed by atoms with Crippen molar-refractivity contribution in [1.29, 1.82) is 0 Å². The van der Waals surface area contributed by atoms with E-state index < -0.39 is 17.2 Å². The van der Waals surface area contributed by atoms with Gasteiger partial charge in [-0.25, -0.2) is 0 Å². The number of hydrogen-bond acceptors (Lipinski definition) is 5. The minimum absolute atomic E-state index is 0.0362. The second-order valence-corrected chi connectivity index (χ2v) is 12.1. The first-order valence-electron chi connectivity index (χ1n) is 12.8. The Morgan fingerprint density at radius 1 is 1.16 bits per heavy atom. The highest BCUT2D eigenvalue weighted by Gasteiger charge is 2.67. The number of carbonyl (C=O) groups is 2. The largest absolute Gasteiger partial charge is 0.481 e. The van der Waals surface area contributed by atoms with E-state index in [4.69, 9.17) is 14.6 Å². The van der Waals surface area contributed by atoms with Crippen LogP contribution in [-0.2, 0) is 19.1 Å². The average Bonchev–Trinajstić information content (AvgIpc) is 3.34. The number of fused-ring (bicyclic) bond motifs is 5. The van der Waals surface area contributed by atoms with E-state index in [0.29, 0.717) is 37.8 Å². The predicted molar refractivity (Wildman–Crippen MR) is 118 cm³/mol. The second kappa shape index (κ2) is 7.78. The Balaban J connectivity index is 1.40. The molecule has 1 spiro atoms. The second-order valence-electron chi connectivity index (χ2n) is 12.1. The van der Waals surface area contributed by atoms with Crippen LogP contribution in [0.15, 0.2) is 0 Å². The molecule has 1 heterocycles. The van der Waals surface area contributed by atoms with Crippen molar-refractivity contribution in [2.45, 2.75) is 90.4 Å². The summed E-state index contributed by atoms with van der Waals surface area (Å²) in [5.74, 6) is 0.438. The lowest BCUT2D eigenvalue weighted by Crippen LogP contribution is -2.62. The first-order valence-corrected chi connectivity index (χ1v) is 12.8. The molecule has 0 amide bonds. The molecule has 4 aliphatic carbocycles. The van der Waals surface area contributed by atoms with Gasteiger partial charge in [-0.2, -0.15) is 0 Å². The third-order valence-corrected chi connectivity index (χ3v) is 10.9. The summed E-state index contributed by atoms with van der Waals surface area (Å²) in [7, 11) is 0. The summed E-state index contributed by atoms with van der Waals surface area (Å²) >= 11 is 0. The van der Waals surface area contributed by atoms with Crippen molar-refractivity contribution in [1.82, 2.24) is 0 Å². The third-order valence-electron chi connectivity index (χ3n) is 10.9. The number of ether oxygens (including phenoxy) is 2. The Bertz CT molecular complexity index is 774. The van der Waals surface area contributed by atoms with E-state index in [1.54, 1.807) is 0 Å². The number of carboxylic acids is 1. The van der Waals surface area contributed by atoms with Crippen LogP contribution in [0.4, 0.5) is 0 Å². The van der Waals surface area contributed by atoms with Gasteiger partial charge in [0.15, 0.2) is 5.79 Å². The molecule has 5 aliphatic rings. The first-order chi connectivity index (χ1) is 15.1. The van der Waals surface area contributed by atoms with Crippen LogP contribution < -0.4 is 0 Å². The highest BCUT2D eigenvalue weighted by Crippen LogP contribution is 2.68. The number of aliphatic hydroxyl groups is 1. The Labute approximate surface area is 191 Å². The van der Waals surface area contributed by atoms with Gasteiger partial charge in [0.2, 0.25) is 0 Å². The normalized spacial score (nSPS) is 48.2. The maximum Gasteiger partial charge on any atom is 0.303 e. The maximum absolute atomic E-state index is 13.8. The van der Waals surface area contributed by atoms with E-state index in [-0.39, 0.29) is 47.5 Å². The van der Waals surface area contributed by atoms with E-state index in [1.165, 1.54) is 0 Å². The zero-order valence-corrected chi connectivity index (χ0v) is 19.8. The molecule has 0 aromatic rings. The molecule has 0 radical (unpaired) electrons. The van der Waals surface area contributed by atoms with Crippen molar-refractivity contribution in [2.75, 3.05) is 13.2 Å². The minimum Gasteiger partial charge on any atom is -0.481 e. The van der Waals surface area contributed by atoms with Crippen LogP contribution in [0.3, 0.4) is 0 Å². The zero-order valence-electron chi connectivity index (χ0n) is 19.8. The fourth-order valence-corrected chi connectivity index (χ4v) is 9.14. The molecule has 4 saturated carbocycles. The van der Waals surface area contributed by atoms with Crippen LogP contribution >= 0.6 is 0 Å². The molecular weight excluding hydrogens is 408 g/mol. The SMILES string of the molecule is C[C@@H](CCC(=O)O)[C@H]1CCC2C3C(O)C[C@@H]4CC5(CC[C@]4(C)C3CC(=O)[C@@]21C)OCCO5. The van der Waals surface area contributed by atoms with Crippen molar-refractivity contribution in [2.24, 2.45) is 46.3 Å². The van der Waals surface area contributed by atoms with Crippen molar-refractivity contribution in [3.8, 4) is 0 Å². The molecule has 5 rings (SSSR count). The van der Waals surface area contributed by atoms with Gasteiger partial charge >= 0.3 is 5.97 Å². The van der Waals surface area contributed by atoms with E-state index in [2.05, 4.69) is 20.8 Å². The van der Waals surface area contributed by atoms with Crippen LogP contribution in [0, 0.1) is 46.3 Å². The molecule has 5 fully saturated rings. The van der Waals surface area contributed by atoms with Crippen molar-refractivity contribution in [3.63, 3.8) is 0 Å². The quantitative estimate of drug-likeness (QED) is 0.674. The summed E-state index contributed by atoms with van der Waals surface area (Å²) in [4.78, 5) is 25.0. The molecule has 1 saturated heterocycles. The molecule has 6 heteroatoms. The topological polar surface area (TPSA) is 93.1 Å². The fraction of sp³-hybridized carbons (Fsp3) is 0.923. The smallest absolute Gasteiger partial charge is 0.303 e. The van der Waals surface area contributed by atoms with Crippen LogP contribution in [0.1, 0.15) is 78.6 Å². The zero-order chi connectivity index (χ0) is 22.9. The standard InChI is InChI=1S/C26H40O6/c1-15(4-7-22(29)30)17-5-6-18-23-19(13-21(28)25(17,18)3)24(2)8-9-26(31-10-11-32-26)14-16(24)12-20(23)27/h15-20,23,27H,4-14H2,1-3H3,(H,29,30)/t15-,16+,17+,18?,19?,20?,23?,24-,25+/m0/s1. The van der Waals surface area contributed by atoms with Gasteiger partial charge in [0.1, 0.15) is 5.78 Å². The lowest BCUT2D eigenvalue weighted by atomic mass is 9.43. The molecule has 4 unspecified atom stereocenters. The Hall–Kier alpha value is -0.980. The van der Waals surface area contributed by atoms with E-state index >= 15 is 0 Å². The van der Waals surface area contributed by atoms with Gasteiger partial charge in [0, 0.05) is 31.1 Å². The highest BCUT2D eigenvalue weighted by molar-refractivity contribution is 5.87.